The SMILES string of the molecule is O=C1NCC(c2cc([C@@H]3C[C@H]3c3cnc(C(F)(F)F)nc3)c3nccn3n2)C(=O)N1. The minimum atomic E-state index is -4.58. The van der Waals surface area contributed by atoms with E-state index in [1.54, 1.807) is 23.0 Å². The molecule has 3 aromatic rings. The molecule has 30 heavy (non-hydrogen) atoms. The van der Waals surface area contributed by atoms with Crippen LogP contribution in [0.3, 0.4) is 0 Å². The van der Waals surface area contributed by atoms with Gasteiger partial charge in [-0.3, -0.25) is 10.1 Å². The van der Waals surface area contributed by atoms with Gasteiger partial charge in [-0.05, 0) is 29.9 Å². The highest BCUT2D eigenvalue weighted by Gasteiger charge is 2.43. The van der Waals surface area contributed by atoms with Crippen LogP contribution in [0.25, 0.3) is 5.65 Å². The van der Waals surface area contributed by atoms with Crippen LogP contribution < -0.4 is 10.6 Å². The molecule has 3 aromatic heterocycles. The zero-order chi connectivity index (χ0) is 21.0. The molecule has 2 aliphatic rings. The Morgan fingerprint density at radius 2 is 1.87 bits per heavy atom. The van der Waals surface area contributed by atoms with Crippen molar-refractivity contribution in [2.24, 2.45) is 0 Å². The molecule has 5 rings (SSSR count). The summed E-state index contributed by atoms with van der Waals surface area (Å²) in [6.07, 6.45) is 1.75. The molecule has 3 atom stereocenters. The Balaban J connectivity index is 1.46. The number of rotatable bonds is 3. The molecule has 2 N–H and O–H groups in total. The van der Waals surface area contributed by atoms with Crippen molar-refractivity contribution in [2.75, 3.05) is 6.54 Å². The Morgan fingerprint density at radius 1 is 1.10 bits per heavy atom. The summed E-state index contributed by atoms with van der Waals surface area (Å²) < 4.78 is 39.6. The highest BCUT2D eigenvalue weighted by atomic mass is 19.4. The van der Waals surface area contributed by atoms with Crippen LogP contribution >= 0.6 is 0 Å². The van der Waals surface area contributed by atoms with Gasteiger partial charge in [0.2, 0.25) is 11.7 Å². The number of amides is 3. The van der Waals surface area contributed by atoms with Crippen molar-refractivity contribution >= 4 is 17.6 Å². The van der Waals surface area contributed by atoms with Gasteiger partial charge >= 0.3 is 12.2 Å². The number of carbonyl (C=O) groups is 2. The lowest BCUT2D eigenvalue weighted by atomic mass is 9.99. The van der Waals surface area contributed by atoms with E-state index < -0.39 is 29.9 Å². The lowest BCUT2D eigenvalue weighted by Gasteiger charge is -2.22. The number of halogens is 3. The molecule has 0 bridgehead atoms. The number of imidazole rings is 1. The summed E-state index contributed by atoms with van der Waals surface area (Å²) in [4.78, 5) is 34.8. The van der Waals surface area contributed by atoms with Crippen molar-refractivity contribution in [1.82, 2.24) is 35.2 Å². The maximum absolute atomic E-state index is 12.7. The quantitative estimate of drug-likeness (QED) is 0.671. The van der Waals surface area contributed by atoms with Crippen LogP contribution in [-0.2, 0) is 11.0 Å². The van der Waals surface area contributed by atoms with Gasteiger partial charge in [-0.15, -0.1) is 0 Å². The Morgan fingerprint density at radius 3 is 2.57 bits per heavy atom. The molecule has 1 unspecified atom stereocenters. The van der Waals surface area contributed by atoms with Crippen molar-refractivity contribution in [3.05, 3.63) is 53.5 Å². The van der Waals surface area contributed by atoms with E-state index in [9.17, 15) is 22.8 Å². The number of imide groups is 1. The van der Waals surface area contributed by atoms with Crippen molar-refractivity contribution < 1.29 is 22.8 Å². The fourth-order valence-electron chi connectivity index (χ4n) is 3.76. The third kappa shape index (κ3) is 3.13. The Bertz CT molecular complexity index is 1160. The molecule has 2 fully saturated rings. The van der Waals surface area contributed by atoms with Gasteiger partial charge in [0.05, 0.1) is 11.6 Å². The fourth-order valence-corrected chi connectivity index (χ4v) is 3.76. The second-order valence-corrected chi connectivity index (χ2v) is 7.26. The predicted molar refractivity (Wildman–Crippen MR) is 94.4 cm³/mol. The summed E-state index contributed by atoms with van der Waals surface area (Å²) in [5.41, 5.74) is 2.53. The number of urea groups is 1. The van der Waals surface area contributed by atoms with Gasteiger partial charge < -0.3 is 5.32 Å². The van der Waals surface area contributed by atoms with E-state index in [4.69, 9.17) is 0 Å². The molecule has 3 amide bonds. The molecule has 1 aliphatic heterocycles. The number of hydrogen-bond donors (Lipinski definition) is 2. The second-order valence-electron chi connectivity index (χ2n) is 7.26. The van der Waals surface area contributed by atoms with Crippen LogP contribution in [0.15, 0.2) is 30.9 Å². The van der Waals surface area contributed by atoms with Crippen LogP contribution in [0.4, 0.5) is 18.0 Å². The van der Waals surface area contributed by atoms with Gasteiger partial charge in [0.1, 0.15) is 0 Å². The highest BCUT2D eigenvalue weighted by Crippen LogP contribution is 2.55. The van der Waals surface area contributed by atoms with E-state index in [1.165, 1.54) is 12.4 Å². The first-order valence-electron chi connectivity index (χ1n) is 9.13. The van der Waals surface area contributed by atoms with Gasteiger partial charge in [-0.1, -0.05) is 0 Å². The minimum Gasteiger partial charge on any atom is -0.337 e. The smallest absolute Gasteiger partial charge is 0.337 e. The van der Waals surface area contributed by atoms with Gasteiger partial charge in [0.25, 0.3) is 0 Å². The van der Waals surface area contributed by atoms with Crippen molar-refractivity contribution in [3.8, 4) is 0 Å². The molecule has 0 spiro atoms. The van der Waals surface area contributed by atoms with Gasteiger partial charge in [-0.2, -0.15) is 18.3 Å². The molecule has 154 valence electrons. The van der Waals surface area contributed by atoms with E-state index in [2.05, 4.69) is 30.7 Å². The van der Waals surface area contributed by atoms with Crippen LogP contribution in [0.2, 0.25) is 0 Å². The fraction of sp³-hybridized carbons (Fsp3) is 0.333. The molecule has 1 saturated carbocycles. The minimum absolute atomic E-state index is 0.0155. The number of nitrogens with zero attached hydrogens (tertiary/aromatic N) is 5. The van der Waals surface area contributed by atoms with Crippen LogP contribution in [0.5, 0.6) is 0 Å². The molecule has 1 saturated heterocycles. The number of carbonyl (C=O) groups excluding carboxylic acids is 2. The summed E-state index contributed by atoms with van der Waals surface area (Å²) in [6, 6.07) is 1.23. The standard InChI is InChI=1S/C18H14F3N7O2/c19-18(20,21)16-23-5-8(6-24-16)9-3-10(9)11-4-13(27-28-2-1-22-14(11)28)12-7-25-17(30)26-15(12)29/h1-2,4-6,9-10,12H,3,7H2,(H2,25,26,29,30)/t9-,10+,12?/m0/s1. The molecule has 9 nitrogen and oxygen atoms in total. The van der Waals surface area contributed by atoms with E-state index in [0.29, 0.717) is 23.3 Å². The molecule has 1 aliphatic carbocycles. The van der Waals surface area contributed by atoms with Crippen molar-refractivity contribution in [1.29, 1.82) is 0 Å². The van der Waals surface area contributed by atoms with Crippen LogP contribution in [-0.4, -0.2) is 43.0 Å². The molecule has 0 radical (unpaired) electrons. The van der Waals surface area contributed by atoms with Crippen molar-refractivity contribution in [3.63, 3.8) is 0 Å². The largest absolute Gasteiger partial charge is 0.451 e. The monoisotopic (exact) mass is 417 g/mol. The summed E-state index contributed by atoms with van der Waals surface area (Å²) >= 11 is 0. The van der Waals surface area contributed by atoms with Crippen molar-refractivity contribution in [2.45, 2.75) is 30.4 Å². The number of nitrogens with one attached hydrogen (secondary N) is 2. The summed E-state index contributed by atoms with van der Waals surface area (Å²) in [5, 5.41) is 9.23. The Kier molecular flexibility index (Phi) is 3.98. The van der Waals surface area contributed by atoms with Gasteiger partial charge in [-0.25, -0.2) is 24.3 Å². The topological polar surface area (TPSA) is 114 Å². The molecule has 12 heteroatoms. The van der Waals surface area contributed by atoms with E-state index in [1.807, 2.05) is 0 Å². The maximum atomic E-state index is 12.7. The first-order chi connectivity index (χ1) is 14.3. The Labute approximate surface area is 166 Å². The third-order valence-corrected chi connectivity index (χ3v) is 5.33. The number of aromatic nitrogens is 5. The van der Waals surface area contributed by atoms with Gasteiger partial charge in [0, 0.05) is 36.9 Å². The van der Waals surface area contributed by atoms with Gasteiger partial charge in [0.15, 0.2) is 5.65 Å². The van der Waals surface area contributed by atoms with E-state index >= 15 is 0 Å². The maximum Gasteiger partial charge on any atom is 0.451 e. The average molecular weight is 417 g/mol. The molecular weight excluding hydrogens is 403 g/mol. The highest BCUT2D eigenvalue weighted by molar-refractivity contribution is 6.00. The second kappa shape index (κ2) is 6.47. The van der Waals surface area contributed by atoms with Crippen LogP contribution in [0.1, 0.15) is 46.8 Å². The Hall–Kier alpha value is -3.57. The summed E-state index contributed by atoms with van der Waals surface area (Å²) in [5.74, 6) is -2.34. The first kappa shape index (κ1) is 18.5. The lowest BCUT2D eigenvalue weighted by molar-refractivity contribution is -0.145. The zero-order valence-corrected chi connectivity index (χ0v) is 15.2. The summed E-state index contributed by atoms with van der Waals surface area (Å²) in [6.45, 7) is 0.123. The molecular formula is C18H14F3N7O2. The number of fused-ring (bicyclic) bond motifs is 1. The number of alkyl halides is 3. The number of hydrogen-bond acceptors (Lipinski definition) is 6. The van der Waals surface area contributed by atoms with E-state index in [-0.39, 0.29) is 18.4 Å². The van der Waals surface area contributed by atoms with E-state index in [0.717, 1.165) is 5.56 Å². The lowest BCUT2D eigenvalue weighted by Crippen LogP contribution is -2.51. The predicted octanol–water partition coefficient (Wildman–Crippen LogP) is 1.73. The van der Waals surface area contributed by atoms with Crippen LogP contribution in [0, 0.1) is 0 Å². The third-order valence-electron chi connectivity index (χ3n) is 5.33. The summed E-state index contributed by atoms with van der Waals surface area (Å²) in [7, 11) is 0. The normalized spacial score (nSPS) is 23.9. The molecule has 4 heterocycles. The molecule has 0 aromatic carbocycles. The first-order valence-corrected chi connectivity index (χ1v) is 9.13. The zero-order valence-electron chi connectivity index (χ0n) is 15.2. The average Bonchev–Trinajstić information content (AvgIpc) is 3.35.